The summed E-state index contributed by atoms with van der Waals surface area (Å²) in [4.78, 5) is 40.2. The van der Waals surface area contributed by atoms with E-state index in [1.807, 2.05) is 72.0 Å². The predicted octanol–water partition coefficient (Wildman–Crippen LogP) is 3.70. The van der Waals surface area contributed by atoms with Gasteiger partial charge in [0.1, 0.15) is 5.52 Å². The highest BCUT2D eigenvalue weighted by Crippen LogP contribution is 2.37. The number of anilines is 1. The molecule has 9 heteroatoms. The number of benzene rings is 2. The van der Waals surface area contributed by atoms with Crippen LogP contribution in [0.25, 0.3) is 22.0 Å². The first-order chi connectivity index (χ1) is 18.8. The SMILES string of the molecule is Cc1ccc(C)c(C(=O)NCc2ccc(-c3cn([C@@H]4CCN(C(=O)C5CC5)C4)c4c(=O)[nH]nc(N)c34)cc2)c1. The highest BCUT2D eigenvalue weighted by atomic mass is 16.2. The fourth-order valence-corrected chi connectivity index (χ4v) is 5.56. The van der Waals surface area contributed by atoms with E-state index in [4.69, 9.17) is 5.73 Å². The third kappa shape index (κ3) is 4.69. The number of nitrogens with two attached hydrogens (primary N) is 1. The zero-order valence-electron chi connectivity index (χ0n) is 22.2. The zero-order chi connectivity index (χ0) is 27.3. The van der Waals surface area contributed by atoms with Gasteiger partial charge in [-0.2, -0.15) is 5.10 Å². The fraction of sp³-hybridized carbons (Fsp3) is 0.333. The van der Waals surface area contributed by atoms with E-state index in [1.165, 1.54) is 0 Å². The van der Waals surface area contributed by atoms with Gasteiger partial charge in [0.15, 0.2) is 5.82 Å². The van der Waals surface area contributed by atoms with Crippen LogP contribution >= 0.6 is 0 Å². The Morgan fingerprint density at radius 1 is 1.10 bits per heavy atom. The molecule has 2 aliphatic rings. The van der Waals surface area contributed by atoms with E-state index < -0.39 is 0 Å². The number of carbonyl (C=O) groups excluding carboxylic acids is 2. The minimum atomic E-state index is -0.303. The highest BCUT2D eigenvalue weighted by Gasteiger charge is 2.37. The van der Waals surface area contributed by atoms with Gasteiger partial charge in [0.05, 0.1) is 11.4 Å². The number of carbonyl (C=O) groups is 2. The van der Waals surface area contributed by atoms with Gasteiger partial charge in [-0.25, -0.2) is 5.10 Å². The third-order valence-corrected chi connectivity index (χ3v) is 7.93. The average molecular weight is 525 g/mol. The Labute approximate surface area is 226 Å². The lowest BCUT2D eigenvalue weighted by Crippen LogP contribution is -2.30. The molecule has 0 spiro atoms. The molecule has 0 unspecified atom stereocenters. The number of hydrogen-bond donors (Lipinski definition) is 3. The number of aromatic amines is 1. The molecule has 4 aromatic rings. The molecule has 200 valence electrons. The van der Waals surface area contributed by atoms with E-state index in [2.05, 4.69) is 15.5 Å². The van der Waals surface area contributed by atoms with Crippen molar-refractivity contribution in [3.05, 3.63) is 81.3 Å². The lowest BCUT2D eigenvalue weighted by molar-refractivity contribution is -0.131. The number of H-pyrrole nitrogens is 1. The van der Waals surface area contributed by atoms with E-state index in [-0.39, 0.29) is 35.2 Å². The van der Waals surface area contributed by atoms with Crippen LogP contribution < -0.4 is 16.6 Å². The number of likely N-dealkylation sites (tertiary alicyclic amines) is 1. The maximum Gasteiger partial charge on any atom is 0.288 e. The number of nitrogens with one attached hydrogen (secondary N) is 2. The molecule has 1 atom stereocenters. The van der Waals surface area contributed by atoms with Crippen LogP contribution in [0.2, 0.25) is 0 Å². The largest absolute Gasteiger partial charge is 0.382 e. The Bertz CT molecular complexity index is 1650. The summed E-state index contributed by atoms with van der Waals surface area (Å²) < 4.78 is 1.97. The van der Waals surface area contributed by atoms with Gasteiger partial charge in [-0.1, -0.05) is 42.0 Å². The second-order valence-electron chi connectivity index (χ2n) is 10.8. The van der Waals surface area contributed by atoms with E-state index in [1.54, 1.807) is 0 Å². The molecule has 3 heterocycles. The summed E-state index contributed by atoms with van der Waals surface area (Å²) in [6, 6.07) is 13.7. The number of aromatic nitrogens is 3. The molecule has 1 saturated heterocycles. The summed E-state index contributed by atoms with van der Waals surface area (Å²) in [6.07, 6.45) is 4.70. The molecule has 2 aromatic heterocycles. The molecule has 2 fully saturated rings. The van der Waals surface area contributed by atoms with Gasteiger partial charge in [0.2, 0.25) is 5.91 Å². The number of aryl methyl sites for hydroxylation is 2. The number of nitrogen functional groups attached to an aromatic ring is 1. The smallest absolute Gasteiger partial charge is 0.288 e. The van der Waals surface area contributed by atoms with Crippen LogP contribution in [0.5, 0.6) is 0 Å². The number of fused-ring (bicyclic) bond motifs is 1. The van der Waals surface area contributed by atoms with Crippen LogP contribution in [0.4, 0.5) is 5.82 Å². The molecule has 1 saturated carbocycles. The molecule has 0 radical (unpaired) electrons. The Kier molecular flexibility index (Phi) is 6.21. The minimum Gasteiger partial charge on any atom is -0.382 e. The first-order valence-corrected chi connectivity index (χ1v) is 13.4. The minimum absolute atomic E-state index is 0.00795. The Morgan fingerprint density at radius 2 is 1.87 bits per heavy atom. The van der Waals surface area contributed by atoms with Gasteiger partial charge in [-0.15, -0.1) is 0 Å². The summed E-state index contributed by atoms with van der Waals surface area (Å²) in [5, 5.41) is 10.2. The van der Waals surface area contributed by atoms with Gasteiger partial charge in [0, 0.05) is 42.9 Å². The summed E-state index contributed by atoms with van der Waals surface area (Å²) in [5.74, 6) is 0.553. The van der Waals surface area contributed by atoms with Crippen molar-refractivity contribution in [2.75, 3.05) is 18.8 Å². The predicted molar refractivity (Wildman–Crippen MR) is 150 cm³/mol. The van der Waals surface area contributed by atoms with Crippen LogP contribution in [0.1, 0.15) is 52.4 Å². The molecule has 9 nitrogen and oxygen atoms in total. The van der Waals surface area contributed by atoms with Gasteiger partial charge < -0.3 is 20.5 Å². The van der Waals surface area contributed by atoms with Gasteiger partial charge in [0.25, 0.3) is 11.5 Å². The van der Waals surface area contributed by atoms with Gasteiger partial charge in [-0.3, -0.25) is 14.4 Å². The Hall–Kier alpha value is -4.40. The number of hydrogen-bond acceptors (Lipinski definition) is 5. The lowest BCUT2D eigenvalue weighted by atomic mass is 10.0. The Balaban J connectivity index is 1.26. The van der Waals surface area contributed by atoms with E-state index in [9.17, 15) is 14.4 Å². The molecule has 0 bridgehead atoms. The number of rotatable bonds is 6. The molecular weight excluding hydrogens is 492 g/mol. The Morgan fingerprint density at radius 3 is 2.62 bits per heavy atom. The average Bonchev–Trinajstić information content (AvgIpc) is 3.53. The first-order valence-electron chi connectivity index (χ1n) is 13.4. The normalized spacial score (nSPS) is 17.1. The quantitative estimate of drug-likeness (QED) is 0.355. The summed E-state index contributed by atoms with van der Waals surface area (Å²) in [6.45, 7) is 5.57. The second kappa shape index (κ2) is 9.72. The van der Waals surface area contributed by atoms with Crippen molar-refractivity contribution in [3.8, 4) is 11.1 Å². The summed E-state index contributed by atoms with van der Waals surface area (Å²) in [5.41, 5.74) is 11.8. The van der Waals surface area contributed by atoms with Crippen molar-refractivity contribution in [2.45, 2.75) is 45.7 Å². The molecule has 39 heavy (non-hydrogen) atoms. The number of nitrogens with zero attached hydrogens (tertiary/aromatic N) is 3. The second-order valence-corrected chi connectivity index (χ2v) is 10.8. The standard InChI is InChI=1S/C30H32N6O3/c1-17-3-4-18(2)23(13-17)28(37)32-14-19-5-7-20(8-6-19)24-16-36(26-25(24)27(31)33-34-29(26)38)22-11-12-35(15-22)30(39)21-9-10-21/h3-8,13,16,21-22H,9-12,14-15H2,1-2H3,(H2,31,33)(H,32,37)(H,34,38)/t22-/m1/s1. The molecule has 1 aliphatic carbocycles. The molecule has 6 rings (SSSR count). The van der Waals surface area contributed by atoms with Crippen molar-refractivity contribution in [3.63, 3.8) is 0 Å². The number of amides is 2. The van der Waals surface area contributed by atoms with Crippen LogP contribution in [0, 0.1) is 19.8 Å². The lowest BCUT2D eigenvalue weighted by Gasteiger charge is -2.17. The molecule has 4 N–H and O–H groups in total. The summed E-state index contributed by atoms with van der Waals surface area (Å²) >= 11 is 0. The van der Waals surface area contributed by atoms with Crippen LogP contribution in [0.15, 0.2) is 53.5 Å². The topological polar surface area (TPSA) is 126 Å². The maximum atomic E-state index is 12.9. The van der Waals surface area contributed by atoms with Crippen molar-refractivity contribution in [1.29, 1.82) is 0 Å². The highest BCUT2D eigenvalue weighted by molar-refractivity contribution is 6.02. The van der Waals surface area contributed by atoms with E-state index in [0.717, 1.165) is 47.1 Å². The fourth-order valence-electron chi connectivity index (χ4n) is 5.56. The van der Waals surface area contributed by atoms with Crippen molar-refractivity contribution in [1.82, 2.24) is 25.0 Å². The monoisotopic (exact) mass is 524 g/mol. The van der Waals surface area contributed by atoms with Crippen molar-refractivity contribution < 1.29 is 9.59 Å². The maximum absolute atomic E-state index is 12.9. The first kappa shape index (κ1) is 24.9. The zero-order valence-corrected chi connectivity index (χ0v) is 22.2. The van der Waals surface area contributed by atoms with Crippen molar-refractivity contribution >= 4 is 28.5 Å². The van der Waals surface area contributed by atoms with Gasteiger partial charge in [-0.05, 0) is 55.9 Å². The summed E-state index contributed by atoms with van der Waals surface area (Å²) in [7, 11) is 0. The third-order valence-electron chi connectivity index (χ3n) is 7.93. The van der Waals surface area contributed by atoms with Gasteiger partial charge >= 0.3 is 0 Å². The molecular formula is C30H32N6O3. The molecule has 2 amide bonds. The molecule has 1 aliphatic heterocycles. The van der Waals surface area contributed by atoms with Crippen LogP contribution in [-0.2, 0) is 11.3 Å². The van der Waals surface area contributed by atoms with Crippen LogP contribution in [-0.4, -0.2) is 44.6 Å². The van der Waals surface area contributed by atoms with Crippen molar-refractivity contribution in [2.24, 2.45) is 5.92 Å². The van der Waals surface area contributed by atoms with E-state index in [0.29, 0.717) is 36.1 Å². The van der Waals surface area contributed by atoms with E-state index >= 15 is 0 Å². The van der Waals surface area contributed by atoms with Crippen LogP contribution in [0.3, 0.4) is 0 Å². The molecule has 2 aromatic carbocycles.